The van der Waals surface area contributed by atoms with Gasteiger partial charge in [-0.2, -0.15) is 0 Å². The number of primary amides is 1. The zero-order chi connectivity index (χ0) is 11.1. The number of carbonyl (C=O) groups is 1. The second-order valence-corrected chi connectivity index (χ2v) is 3.29. The number of nitrogens with two attached hydrogens (primary N) is 1. The first-order valence-corrected chi connectivity index (χ1v) is 4.87. The molecule has 2 heterocycles. The minimum Gasteiger partial charge on any atom is -0.465 e. The number of rotatable bonds is 1. The summed E-state index contributed by atoms with van der Waals surface area (Å²) >= 11 is 1.60. The highest BCUT2D eigenvalue weighted by Crippen LogP contribution is 2.17. The van der Waals surface area contributed by atoms with Gasteiger partial charge in [-0.05, 0) is 12.1 Å². The van der Waals surface area contributed by atoms with Gasteiger partial charge in [0.05, 0.1) is 5.69 Å². The summed E-state index contributed by atoms with van der Waals surface area (Å²) in [5, 5.41) is 10.1. The average molecular weight is 223 g/mol. The molecular formula is C9H9N3O2S. The second-order valence-electron chi connectivity index (χ2n) is 2.39. The van der Waals surface area contributed by atoms with Crippen LogP contribution in [0.15, 0.2) is 36.0 Å². The van der Waals surface area contributed by atoms with E-state index in [0.29, 0.717) is 0 Å². The molecule has 2 rings (SSSR count). The third-order valence-electron chi connectivity index (χ3n) is 1.32. The normalized spacial score (nSPS) is 8.80. The van der Waals surface area contributed by atoms with Gasteiger partial charge in [-0.3, -0.25) is 4.98 Å². The van der Waals surface area contributed by atoms with Crippen molar-refractivity contribution in [3.05, 3.63) is 36.0 Å². The van der Waals surface area contributed by atoms with Crippen molar-refractivity contribution in [1.29, 1.82) is 0 Å². The molecule has 6 heteroatoms. The molecule has 0 atom stereocenters. The lowest BCUT2D eigenvalue weighted by Gasteiger charge is -1.90. The SMILES string of the molecule is NC(=O)O.c1ccc(-c2nccs2)nc1. The number of hydrogen-bond donors (Lipinski definition) is 2. The van der Waals surface area contributed by atoms with Crippen molar-refractivity contribution in [3.8, 4) is 10.7 Å². The molecule has 3 N–H and O–H groups in total. The summed E-state index contributed by atoms with van der Waals surface area (Å²) < 4.78 is 0. The van der Waals surface area contributed by atoms with Crippen LogP contribution in [0.4, 0.5) is 4.79 Å². The maximum atomic E-state index is 8.78. The predicted molar refractivity (Wildman–Crippen MR) is 57.6 cm³/mol. The summed E-state index contributed by atoms with van der Waals surface area (Å²) in [7, 11) is 0. The van der Waals surface area contributed by atoms with Crippen molar-refractivity contribution in [2.45, 2.75) is 0 Å². The molecule has 0 aliphatic carbocycles. The topological polar surface area (TPSA) is 89.1 Å². The Morgan fingerprint density at radius 3 is 2.53 bits per heavy atom. The summed E-state index contributed by atoms with van der Waals surface area (Å²) in [4.78, 5) is 17.1. The van der Waals surface area contributed by atoms with Crippen molar-refractivity contribution in [2.24, 2.45) is 5.73 Å². The van der Waals surface area contributed by atoms with Gasteiger partial charge in [-0.15, -0.1) is 11.3 Å². The highest BCUT2D eigenvalue weighted by molar-refractivity contribution is 7.13. The first kappa shape index (κ1) is 11.1. The molecule has 0 unspecified atom stereocenters. The van der Waals surface area contributed by atoms with Crippen molar-refractivity contribution in [3.63, 3.8) is 0 Å². The fourth-order valence-electron chi connectivity index (χ4n) is 0.839. The van der Waals surface area contributed by atoms with Gasteiger partial charge in [0, 0.05) is 17.8 Å². The van der Waals surface area contributed by atoms with Crippen LogP contribution in [0.25, 0.3) is 10.7 Å². The van der Waals surface area contributed by atoms with E-state index in [4.69, 9.17) is 9.90 Å². The molecule has 0 bridgehead atoms. The zero-order valence-electron chi connectivity index (χ0n) is 7.70. The third kappa shape index (κ3) is 4.19. The Labute approximate surface area is 90.2 Å². The molecule has 0 aromatic carbocycles. The Kier molecular flexibility index (Phi) is 4.24. The second kappa shape index (κ2) is 5.71. The molecule has 0 saturated heterocycles. The Hall–Kier alpha value is -1.95. The zero-order valence-corrected chi connectivity index (χ0v) is 8.52. The molecule has 0 aliphatic heterocycles. The first-order chi connectivity index (χ1) is 7.20. The molecule has 5 nitrogen and oxygen atoms in total. The van der Waals surface area contributed by atoms with E-state index in [0.717, 1.165) is 10.7 Å². The van der Waals surface area contributed by atoms with Gasteiger partial charge in [0.2, 0.25) is 0 Å². The fraction of sp³-hybridized carbons (Fsp3) is 0. The van der Waals surface area contributed by atoms with Crippen LogP contribution in [0.3, 0.4) is 0 Å². The lowest BCUT2D eigenvalue weighted by Crippen LogP contribution is -2.03. The Balaban J connectivity index is 0.000000245. The van der Waals surface area contributed by atoms with E-state index in [1.54, 1.807) is 23.7 Å². The number of hydrogen-bond acceptors (Lipinski definition) is 4. The van der Waals surface area contributed by atoms with Crippen LogP contribution >= 0.6 is 11.3 Å². The van der Waals surface area contributed by atoms with Crippen LogP contribution in [0.5, 0.6) is 0 Å². The van der Waals surface area contributed by atoms with Crippen LogP contribution in [0.1, 0.15) is 0 Å². The molecule has 78 valence electrons. The molecule has 2 aromatic heterocycles. The summed E-state index contributed by atoms with van der Waals surface area (Å²) in [6.07, 6.45) is 2.23. The molecule has 0 radical (unpaired) electrons. The largest absolute Gasteiger partial charge is 0.465 e. The third-order valence-corrected chi connectivity index (χ3v) is 2.11. The summed E-state index contributed by atoms with van der Waals surface area (Å²) in [6.45, 7) is 0. The van der Waals surface area contributed by atoms with E-state index in [1.165, 1.54) is 0 Å². The molecule has 1 amide bonds. The Morgan fingerprint density at radius 1 is 1.33 bits per heavy atom. The number of amides is 1. The summed E-state index contributed by atoms with van der Waals surface area (Å²) in [5.74, 6) is 0. The molecular weight excluding hydrogens is 214 g/mol. The molecule has 2 aromatic rings. The number of thiazole rings is 1. The van der Waals surface area contributed by atoms with Gasteiger partial charge in [0.1, 0.15) is 5.01 Å². The first-order valence-electron chi connectivity index (χ1n) is 3.99. The van der Waals surface area contributed by atoms with Crippen molar-refractivity contribution < 1.29 is 9.90 Å². The maximum absolute atomic E-state index is 8.78. The van der Waals surface area contributed by atoms with Crippen LogP contribution in [-0.2, 0) is 0 Å². The van der Waals surface area contributed by atoms with Crippen molar-refractivity contribution in [1.82, 2.24) is 9.97 Å². The highest BCUT2D eigenvalue weighted by atomic mass is 32.1. The van der Waals surface area contributed by atoms with Crippen LogP contribution < -0.4 is 5.73 Å². The lowest BCUT2D eigenvalue weighted by molar-refractivity contribution is 0.205. The maximum Gasteiger partial charge on any atom is 0.402 e. The fourth-order valence-corrected chi connectivity index (χ4v) is 1.45. The van der Waals surface area contributed by atoms with E-state index in [-0.39, 0.29) is 0 Å². The smallest absolute Gasteiger partial charge is 0.402 e. The highest BCUT2D eigenvalue weighted by Gasteiger charge is 1.97. The Morgan fingerprint density at radius 2 is 2.07 bits per heavy atom. The van der Waals surface area contributed by atoms with Crippen LogP contribution in [0, 0.1) is 0 Å². The van der Waals surface area contributed by atoms with Gasteiger partial charge in [-0.1, -0.05) is 6.07 Å². The average Bonchev–Trinajstić information content (AvgIpc) is 2.71. The van der Waals surface area contributed by atoms with Gasteiger partial charge < -0.3 is 10.8 Å². The summed E-state index contributed by atoms with van der Waals surface area (Å²) in [6, 6.07) is 5.82. The van der Waals surface area contributed by atoms with E-state index < -0.39 is 6.09 Å². The van der Waals surface area contributed by atoms with E-state index >= 15 is 0 Å². The molecule has 0 aliphatic rings. The van der Waals surface area contributed by atoms with Gasteiger partial charge in [-0.25, -0.2) is 9.78 Å². The van der Waals surface area contributed by atoms with Crippen LogP contribution in [0.2, 0.25) is 0 Å². The molecule has 0 spiro atoms. The number of carboxylic acid groups (broad SMARTS) is 1. The molecule has 0 saturated carbocycles. The molecule has 15 heavy (non-hydrogen) atoms. The Bertz CT molecular complexity index is 399. The summed E-state index contributed by atoms with van der Waals surface area (Å²) in [5.41, 5.74) is 4.97. The lowest BCUT2D eigenvalue weighted by atomic mass is 10.4. The quantitative estimate of drug-likeness (QED) is 0.771. The van der Waals surface area contributed by atoms with Gasteiger partial charge >= 0.3 is 6.09 Å². The number of pyridine rings is 1. The monoisotopic (exact) mass is 223 g/mol. The van der Waals surface area contributed by atoms with Gasteiger partial charge in [0.15, 0.2) is 0 Å². The van der Waals surface area contributed by atoms with Gasteiger partial charge in [0.25, 0.3) is 0 Å². The van der Waals surface area contributed by atoms with Crippen molar-refractivity contribution in [2.75, 3.05) is 0 Å². The van der Waals surface area contributed by atoms with Crippen molar-refractivity contribution >= 4 is 17.4 Å². The van der Waals surface area contributed by atoms with Crippen LogP contribution in [-0.4, -0.2) is 21.2 Å². The van der Waals surface area contributed by atoms with E-state index in [2.05, 4.69) is 15.7 Å². The standard InChI is InChI=1S/C8H6N2S.CH3NO2/c1-2-4-9-7(3-1)8-10-5-6-11-8;2-1(3)4/h1-6H;2H2,(H,3,4). The number of aromatic nitrogens is 2. The predicted octanol–water partition coefficient (Wildman–Crippen LogP) is 1.83. The van der Waals surface area contributed by atoms with E-state index in [1.807, 2.05) is 23.6 Å². The number of nitrogens with zero attached hydrogens (tertiary/aromatic N) is 2. The minimum atomic E-state index is -1.33. The molecule has 0 fully saturated rings. The van der Waals surface area contributed by atoms with E-state index in [9.17, 15) is 0 Å². The minimum absolute atomic E-state index is 0.947.